The number of carbonyl (C=O) groups excluding carboxylic acids is 1. The van der Waals surface area contributed by atoms with Crippen molar-refractivity contribution < 1.29 is 9.53 Å². The number of fused-ring (bicyclic) bond motifs is 1. The van der Waals surface area contributed by atoms with E-state index in [-0.39, 0.29) is 24.0 Å². The summed E-state index contributed by atoms with van der Waals surface area (Å²) < 4.78 is 6.26. The van der Waals surface area contributed by atoms with Crippen molar-refractivity contribution in [2.45, 2.75) is 38.9 Å². The second kappa shape index (κ2) is 5.61. The Kier molecular flexibility index (Phi) is 3.82. The molecule has 0 bridgehead atoms. The number of aromatic nitrogens is 2. The monoisotopic (exact) mass is 305 g/mol. The normalized spacial score (nSPS) is 25.9. The van der Waals surface area contributed by atoms with Gasteiger partial charge in [0.05, 0.1) is 23.2 Å². The first kappa shape index (κ1) is 14.3. The van der Waals surface area contributed by atoms with Gasteiger partial charge in [-0.2, -0.15) is 0 Å². The van der Waals surface area contributed by atoms with Crippen LogP contribution in [-0.4, -0.2) is 28.1 Å². The van der Waals surface area contributed by atoms with Gasteiger partial charge in [-0.05, 0) is 57.1 Å². The molecule has 5 nitrogen and oxygen atoms in total. The van der Waals surface area contributed by atoms with Crippen LogP contribution in [0.3, 0.4) is 0 Å². The lowest BCUT2D eigenvalue weighted by atomic mass is 9.92. The summed E-state index contributed by atoms with van der Waals surface area (Å²) in [4.78, 5) is 18.5. The molecule has 0 spiro atoms. The molecule has 2 aromatic rings. The van der Waals surface area contributed by atoms with Crippen molar-refractivity contribution in [3.8, 4) is 0 Å². The SMILES string of the molecule is C[C@@H]1CC(C(=O)Nc2ccc3[nH]c(=S)[nH]c3c2)C[C@@H](C)O1. The maximum absolute atomic E-state index is 12.4. The average Bonchev–Trinajstić information content (AvgIpc) is 2.77. The smallest absolute Gasteiger partial charge is 0.227 e. The van der Waals surface area contributed by atoms with Gasteiger partial charge in [-0.3, -0.25) is 4.79 Å². The van der Waals surface area contributed by atoms with Crippen molar-refractivity contribution in [1.29, 1.82) is 0 Å². The molecule has 1 fully saturated rings. The predicted molar refractivity (Wildman–Crippen MR) is 84.8 cm³/mol. The molecule has 3 N–H and O–H groups in total. The zero-order chi connectivity index (χ0) is 15.0. The molecule has 3 rings (SSSR count). The molecule has 0 aliphatic carbocycles. The van der Waals surface area contributed by atoms with Crippen molar-refractivity contribution in [3.05, 3.63) is 23.0 Å². The molecule has 1 saturated heterocycles. The van der Waals surface area contributed by atoms with Gasteiger partial charge in [-0.15, -0.1) is 0 Å². The van der Waals surface area contributed by atoms with Crippen LogP contribution in [0.2, 0.25) is 0 Å². The first-order valence-corrected chi connectivity index (χ1v) is 7.60. The van der Waals surface area contributed by atoms with Crippen molar-refractivity contribution in [3.63, 3.8) is 0 Å². The molecular weight excluding hydrogens is 286 g/mol. The minimum atomic E-state index is 0.00386. The molecule has 2 atom stereocenters. The van der Waals surface area contributed by atoms with Gasteiger partial charge >= 0.3 is 0 Å². The molecule has 2 heterocycles. The number of amides is 1. The van der Waals surface area contributed by atoms with Crippen molar-refractivity contribution >= 4 is 34.8 Å². The lowest BCUT2D eigenvalue weighted by Gasteiger charge is -2.31. The highest BCUT2D eigenvalue weighted by Gasteiger charge is 2.29. The van der Waals surface area contributed by atoms with E-state index < -0.39 is 0 Å². The second-order valence-electron chi connectivity index (χ2n) is 5.75. The summed E-state index contributed by atoms with van der Waals surface area (Å²) in [5, 5.41) is 2.99. The summed E-state index contributed by atoms with van der Waals surface area (Å²) in [5.74, 6) is 0.0645. The molecule has 1 amide bonds. The van der Waals surface area contributed by atoms with Gasteiger partial charge in [-0.1, -0.05) is 0 Å². The Balaban J connectivity index is 1.74. The van der Waals surface area contributed by atoms with Gasteiger partial charge in [0, 0.05) is 11.6 Å². The average molecular weight is 305 g/mol. The lowest BCUT2D eigenvalue weighted by Crippen LogP contribution is -2.36. The molecule has 0 unspecified atom stereocenters. The van der Waals surface area contributed by atoms with Crippen molar-refractivity contribution in [2.75, 3.05) is 5.32 Å². The van der Waals surface area contributed by atoms with Crippen LogP contribution >= 0.6 is 12.2 Å². The molecule has 1 aliphatic rings. The van der Waals surface area contributed by atoms with Crippen molar-refractivity contribution in [2.24, 2.45) is 5.92 Å². The van der Waals surface area contributed by atoms with Crippen LogP contribution in [-0.2, 0) is 9.53 Å². The summed E-state index contributed by atoms with van der Waals surface area (Å²) >= 11 is 5.06. The number of rotatable bonds is 2. The number of imidazole rings is 1. The number of ether oxygens (including phenoxy) is 1. The van der Waals surface area contributed by atoms with Crippen molar-refractivity contribution in [1.82, 2.24) is 9.97 Å². The third-order valence-electron chi connectivity index (χ3n) is 3.85. The number of aromatic amines is 2. The fourth-order valence-electron chi connectivity index (χ4n) is 2.97. The van der Waals surface area contributed by atoms with E-state index in [0.29, 0.717) is 4.77 Å². The zero-order valence-electron chi connectivity index (χ0n) is 12.1. The first-order chi connectivity index (χ1) is 10.0. The highest BCUT2D eigenvalue weighted by molar-refractivity contribution is 7.71. The van der Waals surface area contributed by atoms with Crippen LogP contribution < -0.4 is 5.32 Å². The standard InChI is InChI=1S/C15H19N3O2S/c1-8-5-10(6-9(2)20-8)14(19)16-11-3-4-12-13(7-11)18-15(21)17-12/h3-4,7-10H,5-6H2,1-2H3,(H,16,19)(H2,17,18,21)/t8-,9-/m1/s1. The van der Waals surface area contributed by atoms with Gasteiger partial charge in [0.1, 0.15) is 0 Å². The summed E-state index contributed by atoms with van der Waals surface area (Å²) in [7, 11) is 0. The number of hydrogen-bond donors (Lipinski definition) is 3. The Labute approximate surface area is 128 Å². The van der Waals surface area contributed by atoms with E-state index in [9.17, 15) is 4.79 Å². The van der Waals surface area contributed by atoms with E-state index in [1.165, 1.54) is 0 Å². The highest BCUT2D eigenvalue weighted by Crippen LogP contribution is 2.26. The molecule has 1 aromatic carbocycles. The molecule has 21 heavy (non-hydrogen) atoms. The third-order valence-corrected chi connectivity index (χ3v) is 4.06. The summed E-state index contributed by atoms with van der Waals surface area (Å²) in [5.41, 5.74) is 2.61. The predicted octanol–water partition coefficient (Wildman–Crippen LogP) is 3.37. The van der Waals surface area contributed by atoms with Gasteiger partial charge in [0.2, 0.25) is 5.91 Å². The zero-order valence-corrected chi connectivity index (χ0v) is 12.9. The van der Waals surface area contributed by atoms with Gasteiger partial charge in [0.15, 0.2) is 4.77 Å². The number of hydrogen-bond acceptors (Lipinski definition) is 3. The van der Waals surface area contributed by atoms with E-state index in [4.69, 9.17) is 17.0 Å². The molecule has 1 aromatic heterocycles. The fraction of sp³-hybridized carbons (Fsp3) is 0.467. The van der Waals surface area contributed by atoms with Crippen LogP contribution in [0.5, 0.6) is 0 Å². The number of nitrogens with one attached hydrogen (secondary N) is 3. The highest BCUT2D eigenvalue weighted by atomic mass is 32.1. The molecule has 112 valence electrons. The molecular formula is C15H19N3O2S. The molecule has 6 heteroatoms. The van der Waals surface area contributed by atoms with Gasteiger partial charge in [0.25, 0.3) is 0 Å². The van der Waals surface area contributed by atoms with Crippen LogP contribution in [0.15, 0.2) is 18.2 Å². The van der Waals surface area contributed by atoms with E-state index in [0.717, 1.165) is 29.6 Å². The minimum Gasteiger partial charge on any atom is -0.376 e. The van der Waals surface area contributed by atoms with E-state index in [2.05, 4.69) is 15.3 Å². The van der Waals surface area contributed by atoms with Crippen LogP contribution in [0, 0.1) is 10.7 Å². The summed E-state index contributed by atoms with van der Waals surface area (Å²) in [6, 6.07) is 5.68. The summed E-state index contributed by atoms with van der Waals surface area (Å²) in [6.07, 6.45) is 1.80. The number of anilines is 1. The van der Waals surface area contributed by atoms with Gasteiger partial charge in [-0.25, -0.2) is 0 Å². The quantitative estimate of drug-likeness (QED) is 0.745. The van der Waals surface area contributed by atoms with E-state index in [1.54, 1.807) is 0 Å². The Hall–Kier alpha value is -1.66. The minimum absolute atomic E-state index is 0.00386. The summed E-state index contributed by atoms with van der Waals surface area (Å²) in [6.45, 7) is 4.03. The van der Waals surface area contributed by atoms with E-state index in [1.807, 2.05) is 32.0 Å². The first-order valence-electron chi connectivity index (χ1n) is 7.19. The number of benzene rings is 1. The van der Waals surface area contributed by atoms with E-state index >= 15 is 0 Å². The topological polar surface area (TPSA) is 69.9 Å². The number of carbonyl (C=O) groups is 1. The van der Waals surface area contributed by atoms with Crippen LogP contribution in [0.1, 0.15) is 26.7 Å². The Morgan fingerprint density at radius 1 is 1.24 bits per heavy atom. The largest absolute Gasteiger partial charge is 0.376 e. The Morgan fingerprint density at radius 3 is 2.62 bits per heavy atom. The lowest BCUT2D eigenvalue weighted by molar-refractivity contribution is -0.127. The van der Waals surface area contributed by atoms with Crippen LogP contribution in [0.25, 0.3) is 11.0 Å². The maximum Gasteiger partial charge on any atom is 0.227 e. The fourth-order valence-corrected chi connectivity index (χ4v) is 3.19. The maximum atomic E-state index is 12.4. The molecule has 0 radical (unpaired) electrons. The molecule has 1 aliphatic heterocycles. The Morgan fingerprint density at radius 2 is 1.90 bits per heavy atom. The second-order valence-corrected chi connectivity index (χ2v) is 6.16. The van der Waals surface area contributed by atoms with Gasteiger partial charge < -0.3 is 20.0 Å². The number of H-pyrrole nitrogens is 2. The van der Waals surface area contributed by atoms with Crippen LogP contribution in [0.4, 0.5) is 5.69 Å². The Bertz CT molecular complexity index is 711. The molecule has 0 saturated carbocycles. The third kappa shape index (κ3) is 3.16.